The summed E-state index contributed by atoms with van der Waals surface area (Å²) in [6.07, 6.45) is 2.12. The maximum atomic E-state index is 11.5. The summed E-state index contributed by atoms with van der Waals surface area (Å²) in [5.74, 6) is 1.40. The fraction of sp³-hybridized carbons (Fsp3) is 0.364. The van der Waals surface area contributed by atoms with Gasteiger partial charge in [-0.3, -0.25) is 0 Å². The lowest BCUT2D eigenvalue weighted by Crippen LogP contribution is -2.14. The van der Waals surface area contributed by atoms with Gasteiger partial charge in [-0.05, 0) is 30.1 Å². The molecule has 0 radical (unpaired) electrons. The Hall–Kier alpha value is -1.44. The number of sulfone groups is 1. The van der Waals surface area contributed by atoms with Gasteiger partial charge in [-0.25, -0.2) is 4.68 Å². The zero-order chi connectivity index (χ0) is 12.8. The summed E-state index contributed by atoms with van der Waals surface area (Å²) in [4.78, 5) is 0. The summed E-state index contributed by atoms with van der Waals surface area (Å²) in [5, 5.41) is 4.33. The number of hydrogen-bond donors (Lipinski definition) is 1. The average Bonchev–Trinajstić information content (AvgIpc) is 2.97. The second-order valence-electron chi connectivity index (χ2n) is 4.43. The standard InChI is InChI=1S/C11H15N3O3S/c12-11-6-9(10-2-1-4-17-10)13-14(11)8-3-5-18(15,16)7-8/h1-2,4,6,8,15-16H,3,5,7,12H2/p-2. The van der Waals surface area contributed by atoms with E-state index in [9.17, 15) is 9.11 Å². The van der Waals surface area contributed by atoms with Crippen molar-refractivity contribution in [1.82, 2.24) is 9.78 Å². The molecule has 98 valence electrons. The summed E-state index contributed by atoms with van der Waals surface area (Å²) >= 11 is 0. The average molecular weight is 267 g/mol. The third kappa shape index (κ3) is 2.00. The van der Waals surface area contributed by atoms with E-state index in [0.29, 0.717) is 23.7 Å². The molecule has 0 amide bonds. The Morgan fingerprint density at radius 2 is 2.33 bits per heavy atom. The van der Waals surface area contributed by atoms with Crippen LogP contribution in [0.5, 0.6) is 0 Å². The predicted octanol–water partition coefficient (Wildman–Crippen LogP) is 1.74. The van der Waals surface area contributed by atoms with Crippen molar-refractivity contribution in [2.75, 3.05) is 17.2 Å². The van der Waals surface area contributed by atoms with Crippen LogP contribution >= 0.6 is 10.6 Å². The zero-order valence-corrected chi connectivity index (χ0v) is 10.4. The molecule has 3 rings (SSSR count). The van der Waals surface area contributed by atoms with Crippen LogP contribution in [0.4, 0.5) is 5.82 Å². The fourth-order valence-electron chi connectivity index (χ4n) is 2.21. The van der Waals surface area contributed by atoms with Crippen molar-refractivity contribution in [3.63, 3.8) is 0 Å². The molecule has 3 heterocycles. The molecule has 1 aliphatic rings. The van der Waals surface area contributed by atoms with Crippen molar-refractivity contribution in [3.05, 3.63) is 24.5 Å². The number of nitrogen functional groups attached to an aromatic ring is 1. The van der Waals surface area contributed by atoms with E-state index in [1.807, 2.05) is 0 Å². The number of nitrogens with zero attached hydrogens (tertiary/aromatic N) is 2. The molecule has 0 spiro atoms. The molecule has 2 aromatic rings. The lowest BCUT2D eigenvalue weighted by Gasteiger charge is -2.56. The quantitative estimate of drug-likeness (QED) is 0.892. The van der Waals surface area contributed by atoms with Gasteiger partial charge >= 0.3 is 0 Å². The molecule has 1 atom stereocenters. The Balaban J connectivity index is 1.90. The van der Waals surface area contributed by atoms with Crippen molar-refractivity contribution in [2.45, 2.75) is 12.5 Å². The van der Waals surface area contributed by atoms with Crippen LogP contribution in [0.3, 0.4) is 0 Å². The number of nitrogens with two attached hydrogens (primary N) is 1. The van der Waals surface area contributed by atoms with Crippen LogP contribution in [0.1, 0.15) is 12.5 Å². The van der Waals surface area contributed by atoms with E-state index in [4.69, 9.17) is 10.2 Å². The molecular formula is C11H13N3O3S-2. The highest BCUT2D eigenvalue weighted by molar-refractivity contribution is 8.24. The lowest BCUT2D eigenvalue weighted by atomic mass is 10.3. The Morgan fingerprint density at radius 1 is 1.50 bits per heavy atom. The van der Waals surface area contributed by atoms with E-state index < -0.39 is 10.6 Å². The van der Waals surface area contributed by atoms with Gasteiger partial charge in [0.15, 0.2) is 5.76 Å². The van der Waals surface area contributed by atoms with E-state index in [1.54, 1.807) is 29.1 Å². The van der Waals surface area contributed by atoms with Crippen LogP contribution in [0.25, 0.3) is 11.5 Å². The summed E-state index contributed by atoms with van der Waals surface area (Å²) in [7, 11) is -2.94. The van der Waals surface area contributed by atoms with Crippen LogP contribution in [-0.4, -0.2) is 30.4 Å². The van der Waals surface area contributed by atoms with Gasteiger partial charge in [0.1, 0.15) is 11.5 Å². The van der Waals surface area contributed by atoms with Gasteiger partial charge in [0.05, 0.1) is 12.3 Å². The molecule has 1 fully saturated rings. The maximum Gasteiger partial charge on any atom is 0.154 e. The second kappa shape index (κ2) is 4.04. The van der Waals surface area contributed by atoms with Gasteiger partial charge in [0, 0.05) is 6.07 Å². The third-order valence-electron chi connectivity index (χ3n) is 3.09. The van der Waals surface area contributed by atoms with Gasteiger partial charge in [-0.1, -0.05) is 0 Å². The van der Waals surface area contributed by atoms with Gasteiger partial charge < -0.3 is 29.8 Å². The highest BCUT2D eigenvalue weighted by Crippen LogP contribution is 2.50. The van der Waals surface area contributed by atoms with Crippen LogP contribution in [-0.2, 0) is 0 Å². The number of furan rings is 1. The summed E-state index contributed by atoms with van der Waals surface area (Å²) in [6, 6.07) is 5.09. The fourth-order valence-corrected chi connectivity index (χ4v) is 3.91. The second-order valence-corrected chi connectivity index (χ2v) is 6.66. The monoisotopic (exact) mass is 267 g/mol. The molecule has 0 bridgehead atoms. The van der Waals surface area contributed by atoms with Crippen molar-refractivity contribution >= 4 is 16.4 Å². The first-order valence-electron chi connectivity index (χ1n) is 5.64. The van der Waals surface area contributed by atoms with Crippen LogP contribution < -0.4 is 5.73 Å². The molecule has 0 saturated carbocycles. The largest absolute Gasteiger partial charge is 0.800 e. The Kier molecular flexibility index (Phi) is 2.61. The molecule has 0 aliphatic carbocycles. The van der Waals surface area contributed by atoms with Crippen molar-refractivity contribution < 1.29 is 13.5 Å². The molecular weight excluding hydrogens is 254 g/mol. The SMILES string of the molecule is Nc1cc(-c2ccco2)nn1C1CCS([O-])([O-])C1. The smallest absolute Gasteiger partial charge is 0.154 e. The Morgan fingerprint density at radius 3 is 2.94 bits per heavy atom. The molecule has 6 nitrogen and oxygen atoms in total. The van der Waals surface area contributed by atoms with Gasteiger partial charge in [-0.2, -0.15) is 5.10 Å². The molecule has 1 saturated heterocycles. The van der Waals surface area contributed by atoms with Crippen LogP contribution in [0, 0.1) is 0 Å². The van der Waals surface area contributed by atoms with Crippen LogP contribution in [0.2, 0.25) is 0 Å². The zero-order valence-electron chi connectivity index (χ0n) is 9.61. The van der Waals surface area contributed by atoms with Crippen molar-refractivity contribution in [3.8, 4) is 11.5 Å². The molecule has 0 aromatic carbocycles. The highest BCUT2D eigenvalue weighted by atomic mass is 32.3. The number of rotatable bonds is 2. The van der Waals surface area contributed by atoms with E-state index >= 15 is 0 Å². The molecule has 1 unspecified atom stereocenters. The molecule has 2 aromatic heterocycles. The molecule has 18 heavy (non-hydrogen) atoms. The summed E-state index contributed by atoms with van der Waals surface area (Å²) in [5.41, 5.74) is 6.51. The van der Waals surface area contributed by atoms with E-state index in [2.05, 4.69) is 5.10 Å². The summed E-state index contributed by atoms with van der Waals surface area (Å²) in [6.45, 7) is 0. The Bertz CT molecular complexity index is 550. The topological polar surface area (TPSA) is 103 Å². The summed E-state index contributed by atoms with van der Waals surface area (Å²) < 4.78 is 29.7. The maximum absolute atomic E-state index is 11.5. The van der Waals surface area contributed by atoms with Crippen molar-refractivity contribution in [2.24, 2.45) is 0 Å². The van der Waals surface area contributed by atoms with Gasteiger partial charge in [0.2, 0.25) is 0 Å². The van der Waals surface area contributed by atoms with E-state index in [1.165, 1.54) is 0 Å². The molecule has 2 N–H and O–H groups in total. The number of anilines is 1. The minimum atomic E-state index is -2.94. The number of hydrogen-bond acceptors (Lipinski definition) is 5. The molecule has 7 heteroatoms. The lowest BCUT2D eigenvalue weighted by molar-refractivity contribution is 0.446. The van der Waals surface area contributed by atoms with Gasteiger partial charge in [0.25, 0.3) is 0 Å². The van der Waals surface area contributed by atoms with Crippen LogP contribution in [0.15, 0.2) is 28.9 Å². The molecule has 1 aliphatic heterocycles. The first-order valence-corrected chi connectivity index (χ1v) is 7.47. The Labute approximate surface area is 106 Å². The van der Waals surface area contributed by atoms with E-state index in [-0.39, 0.29) is 17.5 Å². The predicted molar refractivity (Wildman–Crippen MR) is 66.9 cm³/mol. The third-order valence-corrected chi connectivity index (χ3v) is 4.84. The number of aromatic nitrogens is 2. The minimum Gasteiger partial charge on any atom is -0.800 e. The minimum absolute atomic E-state index is 0.108. The van der Waals surface area contributed by atoms with E-state index in [0.717, 1.165) is 0 Å². The van der Waals surface area contributed by atoms with Crippen molar-refractivity contribution in [1.29, 1.82) is 0 Å². The highest BCUT2D eigenvalue weighted by Gasteiger charge is 2.23. The normalized spacial score (nSPS) is 24.2. The first kappa shape index (κ1) is 11.6. The first-order chi connectivity index (χ1) is 8.55. The van der Waals surface area contributed by atoms with Gasteiger partial charge in [-0.15, -0.1) is 0 Å².